The number of rotatable bonds is 7. The molecule has 0 radical (unpaired) electrons. The van der Waals surface area contributed by atoms with Gasteiger partial charge in [0.05, 0.1) is 33.8 Å². The number of hydrazine groups is 1. The largest absolute Gasteiger partial charge is 0.434 e. The molecule has 0 aliphatic heterocycles. The lowest BCUT2D eigenvalue weighted by Crippen LogP contribution is -2.31. The van der Waals surface area contributed by atoms with E-state index in [-0.39, 0.29) is 49.4 Å². The fourth-order valence-electron chi connectivity index (χ4n) is 4.32. The molecule has 0 saturated carbocycles. The number of alkyl halides is 3. The molecule has 42 heavy (non-hydrogen) atoms. The average molecular weight is 646 g/mol. The molecule has 1 atom stereocenters. The first-order valence-corrected chi connectivity index (χ1v) is 14.2. The number of hydrogen-bond donors (Lipinski definition) is 3. The third kappa shape index (κ3) is 6.01. The molecular weight excluding hydrogens is 624 g/mol. The van der Waals surface area contributed by atoms with Crippen LogP contribution in [0, 0.1) is 18.6 Å². The normalized spacial score (nSPS) is 13.0. The summed E-state index contributed by atoms with van der Waals surface area (Å²) >= 11 is 12.4. The fourth-order valence-corrected chi connectivity index (χ4v) is 5.63. The summed E-state index contributed by atoms with van der Waals surface area (Å²) in [7, 11) is -1.73. The van der Waals surface area contributed by atoms with Crippen molar-refractivity contribution in [3.8, 4) is 16.8 Å². The van der Waals surface area contributed by atoms with Crippen LogP contribution in [0.25, 0.3) is 22.5 Å². The number of imidazole rings is 1. The summed E-state index contributed by atoms with van der Waals surface area (Å²) in [4.78, 5) is 3.49. The van der Waals surface area contributed by atoms with Crippen LogP contribution in [0.3, 0.4) is 0 Å². The number of nitrogens with zero attached hydrogens (tertiary/aromatic N) is 3. The Balaban J connectivity index is 2.03. The molecule has 1 aromatic heterocycles. The first-order chi connectivity index (χ1) is 19.7. The first kappa shape index (κ1) is 31.4. The van der Waals surface area contributed by atoms with E-state index in [0.29, 0.717) is 11.2 Å². The Labute approximate surface area is 249 Å². The molecule has 0 saturated heterocycles. The van der Waals surface area contributed by atoms with Crippen LogP contribution in [-0.4, -0.2) is 25.1 Å². The molecule has 4 rings (SSSR count). The average Bonchev–Trinajstić information content (AvgIpc) is 3.30. The molecule has 1 heterocycles. The summed E-state index contributed by atoms with van der Waals surface area (Å²) in [6.07, 6.45) is -1.88. The van der Waals surface area contributed by atoms with Crippen molar-refractivity contribution >= 4 is 45.4 Å². The van der Waals surface area contributed by atoms with Gasteiger partial charge < -0.3 is 10.8 Å². The van der Waals surface area contributed by atoms with Gasteiger partial charge in [0.2, 0.25) is 0 Å². The Morgan fingerprint density at radius 2 is 1.76 bits per heavy atom. The Kier molecular flexibility index (Phi) is 9.00. The molecular formula is C27H22Cl2F5N5O2S. The van der Waals surface area contributed by atoms with Gasteiger partial charge in [0.1, 0.15) is 23.1 Å². The lowest BCUT2D eigenvalue weighted by molar-refractivity contribution is -0.141. The third-order valence-electron chi connectivity index (χ3n) is 6.30. The van der Waals surface area contributed by atoms with Crippen LogP contribution >= 0.6 is 23.2 Å². The van der Waals surface area contributed by atoms with Crippen molar-refractivity contribution in [2.75, 3.05) is 11.3 Å². The molecule has 222 valence electrons. The molecule has 7 nitrogen and oxygen atoms in total. The summed E-state index contributed by atoms with van der Waals surface area (Å²) in [6.45, 7) is 0.513. The molecule has 0 spiro atoms. The first-order valence-electron chi connectivity index (χ1n) is 11.8. The van der Waals surface area contributed by atoms with Gasteiger partial charge in [-0.1, -0.05) is 23.2 Å². The zero-order chi connectivity index (χ0) is 31.1. The van der Waals surface area contributed by atoms with Crippen molar-refractivity contribution in [3.63, 3.8) is 0 Å². The topological polar surface area (TPSA) is 110 Å². The van der Waals surface area contributed by atoms with E-state index in [1.807, 2.05) is 0 Å². The number of benzene rings is 3. The summed E-state index contributed by atoms with van der Waals surface area (Å²) in [5.41, 5.74) is 4.10. The van der Waals surface area contributed by atoms with E-state index in [1.54, 1.807) is 0 Å². The molecule has 0 amide bonds. The van der Waals surface area contributed by atoms with E-state index in [9.17, 15) is 26.9 Å². The Morgan fingerprint density at radius 1 is 1.12 bits per heavy atom. The van der Waals surface area contributed by atoms with E-state index in [2.05, 4.69) is 4.98 Å². The minimum absolute atomic E-state index is 0.0143. The fraction of sp³-hybridized carbons (Fsp3) is 0.148. The van der Waals surface area contributed by atoms with Crippen molar-refractivity contribution in [3.05, 3.63) is 99.2 Å². The molecule has 5 N–H and O–H groups in total. The van der Waals surface area contributed by atoms with Gasteiger partial charge >= 0.3 is 6.18 Å². The highest BCUT2D eigenvalue weighted by atomic mass is 35.5. The predicted octanol–water partition coefficient (Wildman–Crippen LogP) is 6.32. The van der Waals surface area contributed by atoms with Crippen molar-refractivity contribution in [2.45, 2.75) is 24.6 Å². The van der Waals surface area contributed by atoms with Gasteiger partial charge in [-0.05, 0) is 60.5 Å². The van der Waals surface area contributed by atoms with E-state index < -0.39 is 46.6 Å². The van der Waals surface area contributed by atoms with Crippen molar-refractivity contribution < 1.29 is 31.3 Å². The monoisotopic (exact) mass is 645 g/mol. The quantitative estimate of drug-likeness (QED) is 0.123. The SMILES string of the molecule is Cc1nc(C(F)(F)F)cn1-c1c(F)cc(-c2cc(F)c(CO)c(S(C)=O)c2)cc1N(N)/C(=C\N)c1ccc(Cl)cc1Cl. The zero-order valence-electron chi connectivity index (χ0n) is 21.8. The molecule has 1 unspecified atom stereocenters. The van der Waals surface area contributed by atoms with Crippen LogP contribution in [0.15, 0.2) is 59.8 Å². The second-order valence-electron chi connectivity index (χ2n) is 8.96. The number of aryl methyl sites for hydroxylation is 1. The van der Waals surface area contributed by atoms with Gasteiger partial charge in [0.25, 0.3) is 0 Å². The van der Waals surface area contributed by atoms with Crippen LogP contribution in [0.4, 0.5) is 27.6 Å². The molecule has 0 aliphatic carbocycles. The molecule has 4 aromatic rings. The van der Waals surface area contributed by atoms with Gasteiger partial charge in [-0.25, -0.2) is 19.6 Å². The number of aliphatic hydroxyl groups excluding tert-OH is 1. The summed E-state index contributed by atoms with van der Waals surface area (Å²) in [5, 5.41) is 10.9. The highest BCUT2D eigenvalue weighted by molar-refractivity contribution is 7.84. The van der Waals surface area contributed by atoms with Crippen LogP contribution in [0.1, 0.15) is 22.6 Å². The zero-order valence-corrected chi connectivity index (χ0v) is 24.1. The number of aliphatic hydroxyl groups is 1. The number of aromatic nitrogens is 2. The molecule has 3 aromatic carbocycles. The second kappa shape index (κ2) is 12.0. The van der Waals surface area contributed by atoms with Crippen molar-refractivity contribution in [2.24, 2.45) is 11.6 Å². The van der Waals surface area contributed by atoms with E-state index in [4.69, 9.17) is 34.8 Å². The minimum atomic E-state index is -4.83. The van der Waals surface area contributed by atoms with E-state index in [1.165, 1.54) is 43.5 Å². The Morgan fingerprint density at radius 3 is 2.31 bits per heavy atom. The maximum absolute atomic E-state index is 16.0. The van der Waals surface area contributed by atoms with Crippen LogP contribution < -0.4 is 16.6 Å². The lowest BCUT2D eigenvalue weighted by atomic mass is 10.0. The van der Waals surface area contributed by atoms with Crippen LogP contribution in [0.2, 0.25) is 10.0 Å². The Hall–Kier alpha value is -3.49. The highest BCUT2D eigenvalue weighted by Crippen LogP contribution is 2.39. The molecule has 0 aliphatic rings. The second-order valence-corrected chi connectivity index (χ2v) is 11.2. The van der Waals surface area contributed by atoms with Crippen LogP contribution in [-0.2, 0) is 23.6 Å². The summed E-state index contributed by atoms with van der Waals surface area (Å²) in [6, 6.07) is 8.93. The maximum Gasteiger partial charge on any atom is 0.434 e. The number of hydrogen-bond acceptors (Lipinski definition) is 6. The third-order valence-corrected chi connectivity index (χ3v) is 7.83. The number of halogens is 7. The standard InChI is InChI=1S/C27H22Cl2F5N5O2S/c1-13-37-25(27(32,33)34)11-38(13)26-21(31)6-14(15-5-20(30)18(12-40)24(8-15)42(2)41)7-22(26)39(36)23(10-35)17-4-3-16(28)9-19(17)29/h3-11,40H,12,35-36H2,1-2H3/b23-10-. The molecule has 0 fully saturated rings. The van der Waals surface area contributed by atoms with E-state index >= 15 is 4.39 Å². The molecule has 0 bridgehead atoms. The van der Waals surface area contributed by atoms with Gasteiger partial charge in [-0.2, -0.15) is 13.2 Å². The highest BCUT2D eigenvalue weighted by Gasteiger charge is 2.35. The number of nitrogens with two attached hydrogens (primary N) is 2. The lowest BCUT2D eigenvalue weighted by Gasteiger charge is -2.27. The van der Waals surface area contributed by atoms with Gasteiger partial charge in [0.15, 0.2) is 5.69 Å². The van der Waals surface area contributed by atoms with Crippen LogP contribution in [0.5, 0.6) is 0 Å². The summed E-state index contributed by atoms with van der Waals surface area (Å²) < 4.78 is 84.6. The minimum Gasteiger partial charge on any atom is -0.403 e. The van der Waals surface area contributed by atoms with Gasteiger partial charge in [-0.3, -0.25) is 13.8 Å². The van der Waals surface area contributed by atoms with Gasteiger partial charge in [0, 0.05) is 39.7 Å². The summed E-state index contributed by atoms with van der Waals surface area (Å²) in [5.74, 6) is 4.28. The maximum atomic E-state index is 16.0. The van der Waals surface area contributed by atoms with E-state index in [0.717, 1.165) is 27.9 Å². The number of anilines is 1. The Bertz CT molecular complexity index is 1740. The van der Waals surface area contributed by atoms with Gasteiger partial charge in [-0.15, -0.1) is 0 Å². The molecule has 15 heteroatoms. The smallest absolute Gasteiger partial charge is 0.403 e. The van der Waals surface area contributed by atoms with Crippen molar-refractivity contribution in [1.29, 1.82) is 0 Å². The predicted molar refractivity (Wildman–Crippen MR) is 152 cm³/mol. The van der Waals surface area contributed by atoms with Crippen molar-refractivity contribution in [1.82, 2.24) is 9.55 Å².